The van der Waals surface area contributed by atoms with Crippen molar-refractivity contribution in [3.05, 3.63) is 30.5 Å². The second kappa shape index (κ2) is 8.49. The summed E-state index contributed by atoms with van der Waals surface area (Å²) < 4.78 is 45.8. The molecule has 1 aromatic carbocycles. The lowest BCUT2D eigenvalue weighted by Gasteiger charge is -2.39. The van der Waals surface area contributed by atoms with Gasteiger partial charge in [0.15, 0.2) is 0 Å². The molecule has 0 N–H and O–H groups in total. The van der Waals surface area contributed by atoms with Crippen LogP contribution in [0.15, 0.2) is 30.5 Å². The average molecular weight is 423 g/mol. The molecular formula is C22H28F3N3O2. The van der Waals surface area contributed by atoms with Gasteiger partial charge >= 0.3 is 6.18 Å². The van der Waals surface area contributed by atoms with E-state index in [-0.39, 0.29) is 18.1 Å². The first kappa shape index (κ1) is 21.0. The molecule has 0 bridgehead atoms. The maximum absolute atomic E-state index is 12.8. The Bertz CT molecular complexity index is 887. The lowest BCUT2D eigenvalue weighted by Crippen LogP contribution is -2.49. The zero-order valence-corrected chi connectivity index (χ0v) is 17.2. The summed E-state index contributed by atoms with van der Waals surface area (Å²) in [5, 5.41) is 0.714. The lowest BCUT2D eigenvalue weighted by molar-refractivity contribution is -0.140. The number of benzene rings is 1. The first-order chi connectivity index (χ1) is 14.3. The molecule has 0 aliphatic carbocycles. The summed E-state index contributed by atoms with van der Waals surface area (Å²) in [6.45, 7) is 1.68. The second-order valence-electron chi connectivity index (χ2n) is 8.42. The number of carbonyl (C=O) groups excluding carboxylic acids is 1. The van der Waals surface area contributed by atoms with Gasteiger partial charge in [-0.1, -0.05) is 6.07 Å². The first-order valence-electron chi connectivity index (χ1n) is 10.6. The maximum Gasteiger partial charge on any atom is 0.406 e. The number of amides is 1. The summed E-state index contributed by atoms with van der Waals surface area (Å²) in [4.78, 5) is 16.2. The number of alkyl halides is 3. The zero-order chi connectivity index (χ0) is 21.3. The number of aromatic nitrogens is 1. The zero-order valence-electron chi connectivity index (χ0n) is 17.2. The van der Waals surface area contributed by atoms with Crippen molar-refractivity contribution in [3.8, 4) is 5.75 Å². The molecule has 1 amide bonds. The molecule has 2 aliphatic rings. The number of carbonyl (C=O) groups is 1. The van der Waals surface area contributed by atoms with Gasteiger partial charge in [-0.25, -0.2) is 0 Å². The minimum absolute atomic E-state index is 0.0449. The van der Waals surface area contributed by atoms with Gasteiger partial charge in [-0.15, -0.1) is 0 Å². The fourth-order valence-corrected chi connectivity index (χ4v) is 4.59. The Hall–Kier alpha value is -2.22. The summed E-state index contributed by atoms with van der Waals surface area (Å²) in [7, 11) is 1.90. The Balaban J connectivity index is 1.35. The molecule has 1 unspecified atom stereocenters. The molecule has 30 heavy (non-hydrogen) atoms. The molecule has 0 spiro atoms. The molecule has 1 aromatic heterocycles. The summed E-state index contributed by atoms with van der Waals surface area (Å²) in [5.41, 5.74) is 0.535. The fraction of sp³-hybridized carbons (Fsp3) is 0.591. The Kier molecular flexibility index (Phi) is 5.95. The van der Waals surface area contributed by atoms with Crippen LogP contribution in [0.1, 0.15) is 32.1 Å². The molecule has 1 atom stereocenters. The SMILES string of the molecule is CN1C(=O)CCCC1CN1CCC(Oc2cccc3c2ccn3CC(F)(F)F)CC1. The topological polar surface area (TPSA) is 37.7 Å². The van der Waals surface area contributed by atoms with E-state index in [9.17, 15) is 18.0 Å². The first-order valence-corrected chi connectivity index (χ1v) is 10.6. The van der Waals surface area contributed by atoms with Gasteiger partial charge in [0.25, 0.3) is 0 Å². The normalized spacial score (nSPS) is 22.1. The summed E-state index contributed by atoms with van der Waals surface area (Å²) in [6.07, 6.45) is 1.65. The van der Waals surface area contributed by atoms with Gasteiger partial charge in [0.1, 0.15) is 18.4 Å². The van der Waals surface area contributed by atoms with E-state index in [0.717, 1.165) is 45.3 Å². The van der Waals surface area contributed by atoms with Crippen LogP contribution in [-0.2, 0) is 11.3 Å². The third-order valence-corrected chi connectivity index (χ3v) is 6.29. The van der Waals surface area contributed by atoms with E-state index in [4.69, 9.17) is 4.74 Å². The van der Waals surface area contributed by atoms with Crippen LogP contribution in [0, 0.1) is 0 Å². The molecule has 164 valence electrons. The van der Waals surface area contributed by atoms with Gasteiger partial charge in [-0.2, -0.15) is 13.2 Å². The molecule has 2 aliphatic heterocycles. The van der Waals surface area contributed by atoms with Gasteiger partial charge < -0.3 is 19.1 Å². The quantitative estimate of drug-likeness (QED) is 0.728. The van der Waals surface area contributed by atoms with E-state index in [1.54, 1.807) is 18.2 Å². The molecule has 4 rings (SSSR count). The van der Waals surface area contributed by atoms with E-state index in [2.05, 4.69) is 4.90 Å². The molecule has 0 saturated carbocycles. The molecular weight excluding hydrogens is 395 g/mol. The summed E-state index contributed by atoms with van der Waals surface area (Å²) in [6, 6.07) is 7.25. The standard InChI is InChI=1S/C22H28F3N3O2/c1-26-16(4-2-7-21(26)29)14-27-11-8-17(9-12-27)30-20-6-3-5-19-18(20)10-13-28(19)15-22(23,24)25/h3,5-6,10,13,16-17H,2,4,7-9,11-12,14-15H2,1H3. The van der Waals surface area contributed by atoms with E-state index >= 15 is 0 Å². The highest BCUT2D eigenvalue weighted by Crippen LogP contribution is 2.31. The summed E-state index contributed by atoms with van der Waals surface area (Å²) >= 11 is 0. The van der Waals surface area contributed by atoms with E-state index in [0.29, 0.717) is 23.1 Å². The average Bonchev–Trinajstić information content (AvgIpc) is 3.09. The molecule has 2 aromatic rings. The van der Waals surface area contributed by atoms with E-state index in [1.807, 2.05) is 18.0 Å². The van der Waals surface area contributed by atoms with Crippen LogP contribution < -0.4 is 4.74 Å². The highest BCUT2D eigenvalue weighted by atomic mass is 19.4. The Morgan fingerprint density at radius 1 is 1.13 bits per heavy atom. The predicted octanol–water partition coefficient (Wildman–Crippen LogP) is 4.06. The van der Waals surface area contributed by atoms with Crippen molar-refractivity contribution in [2.24, 2.45) is 0 Å². The van der Waals surface area contributed by atoms with Crippen LogP contribution in [0.5, 0.6) is 5.75 Å². The number of halogens is 3. The third kappa shape index (κ3) is 4.74. The van der Waals surface area contributed by atoms with Gasteiger partial charge in [0.2, 0.25) is 5.91 Å². The van der Waals surface area contributed by atoms with Crippen LogP contribution in [0.2, 0.25) is 0 Å². The monoisotopic (exact) mass is 423 g/mol. The predicted molar refractivity (Wildman–Crippen MR) is 108 cm³/mol. The van der Waals surface area contributed by atoms with Crippen molar-refractivity contribution in [2.75, 3.05) is 26.7 Å². The van der Waals surface area contributed by atoms with Gasteiger partial charge in [0.05, 0.1) is 5.52 Å². The lowest BCUT2D eigenvalue weighted by atomic mass is 10.00. The Labute approximate surface area is 174 Å². The molecule has 3 heterocycles. The summed E-state index contributed by atoms with van der Waals surface area (Å²) in [5.74, 6) is 0.875. The Morgan fingerprint density at radius 2 is 1.90 bits per heavy atom. The highest BCUT2D eigenvalue weighted by Gasteiger charge is 2.30. The van der Waals surface area contributed by atoms with Crippen molar-refractivity contribution in [1.82, 2.24) is 14.4 Å². The molecule has 2 saturated heterocycles. The number of ether oxygens (including phenoxy) is 1. The number of nitrogens with zero attached hydrogens (tertiary/aromatic N) is 3. The van der Waals surface area contributed by atoms with Crippen molar-refractivity contribution >= 4 is 16.8 Å². The van der Waals surface area contributed by atoms with Crippen molar-refractivity contribution in [2.45, 2.75) is 57.0 Å². The number of likely N-dealkylation sites (N-methyl/N-ethyl adjacent to an activating group) is 1. The highest BCUT2D eigenvalue weighted by molar-refractivity contribution is 5.86. The van der Waals surface area contributed by atoms with Crippen molar-refractivity contribution < 1.29 is 22.7 Å². The number of fused-ring (bicyclic) bond motifs is 1. The van der Waals surface area contributed by atoms with Crippen LogP contribution in [-0.4, -0.2) is 65.3 Å². The van der Waals surface area contributed by atoms with Gasteiger partial charge in [-0.3, -0.25) is 4.79 Å². The van der Waals surface area contributed by atoms with Crippen LogP contribution in [0.4, 0.5) is 13.2 Å². The molecule has 8 heteroatoms. The number of hydrogen-bond donors (Lipinski definition) is 0. The van der Waals surface area contributed by atoms with Gasteiger partial charge in [0, 0.05) is 50.7 Å². The van der Waals surface area contributed by atoms with Crippen molar-refractivity contribution in [1.29, 1.82) is 0 Å². The number of hydrogen-bond acceptors (Lipinski definition) is 3. The Morgan fingerprint density at radius 3 is 2.63 bits per heavy atom. The second-order valence-corrected chi connectivity index (χ2v) is 8.42. The van der Waals surface area contributed by atoms with E-state index in [1.165, 1.54) is 10.8 Å². The smallest absolute Gasteiger partial charge is 0.406 e. The maximum atomic E-state index is 12.8. The molecule has 2 fully saturated rings. The largest absolute Gasteiger partial charge is 0.490 e. The van der Waals surface area contributed by atoms with Gasteiger partial charge in [-0.05, 0) is 43.9 Å². The molecule has 0 radical (unpaired) electrons. The third-order valence-electron chi connectivity index (χ3n) is 6.29. The van der Waals surface area contributed by atoms with Crippen LogP contribution >= 0.6 is 0 Å². The molecule has 5 nitrogen and oxygen atoms in total. The van der Waals surface area contributed by atoms with E-state index < -0.39 is 12.7 Å². The van der Waals surface area contributed by atoms with Crippen molar-refractivity contribution in [3.63, 3.8) is 0 Å². The minimum atomic E-state index is -4.26. The van der Waals surface area contributed by atoms with Crippen LogP contribution in [0.3, 0.4) is 0 Å². The number of rotatable bonds is 5. The van der Waals surface area contributed by atoms with Crippen LogP contribution in [0.25, 0.3) is 10.9 Å². The number of piperidine rings is 2. The number of likely N-dealkylation sites (tertiary alicyclic amines) is 2. The fourth-order valence-electron chi connectivity index (χ4n) is 4.59. The minimum Gasteiger partial charge on any atom is -0.490 e.